The van der Waals surface area contributed by atoms with Crippen molar-refractivity contribution in [3.8, 4) is 5.75 Å². The van der Waals surface area contributed by atoms with Gasteiger partial charge in [0.05, 0.1) is 6.61 Å². The Labute approximate surface area is 170 Å². The second-order valence-corrected chi connectivity index (χ2v) is 9.93. The van der Waals surface area contributed by atoms with Crippen LogP contribution in [0, 0.1) is 7.14 Å². The molecule has 0 aliphatic carbocycles. The first kappa shape index (κ1) is 21.3. The van der Waals surface area contributed by atoms with Gasteiger partial charge in [0.25, 0.3) is 0 Å². The molecule has 0 aliphatic rings. The lowest BCUT2D eigenvalue weighted by Crippen LogP contribution is -3.61. The topological polar surface area (TPSA) is 9.23 Å². The minimum absolute atomic E-state index is 0.107. The summed E-state index contributed by atoms with van der Waals surface area (Å²) in [6.07, 6.45) is 8.81. The smallest absolute Gasteiger partial charge is 0.357 e. The van der Waals surface area contributed by atoms with E-state index in [1.165, 1.54) is 51.2 Å². The van der Waals surface area contributed by atoms with E-state index < -0.39 is 0 Å². The molecule has 0 fully saturated rings. The van der Waals surface area contributed by atoms with E-state index in [1.54, 1.807) is 0 Å². The summed E-state index contributed by atoms with van der Waals surface area (Å²) < 4.78 is 8.79. The second kappa shape index (κ2) is 12.4. The molecule has 0 heterocycles. The summed E-state index contributed by atoms with van der Waals surface area (Å²) in [5.41, 5.74) is 1.51. The molecule has 0 N–H and O–H groups in total. The van der Waals surface area contributed by atoms with Gasteiger partial charge in [-0.1, -0.05) is 58.6 Å². The Bertz CT molecular complexity index is 603. The molecule has 0 bridgehead atoms. The molecule has 26 heavy (non-hydrogen) atoms. The van der Waals surface area contributed by atoms with E-state index in [2.05, 4.69) is 69.3 Å². The lowest BCUT2D eigenvalue weighted by atomic mass is 9.92. The maximum Gasteiger partial charge on any atom is 0.357 e. The van der Waals surface area contributed by atoms with Crippen molar-refractivity contribution in [1.82, 2.24) is 0 Å². The monoisotopic (exact) mass is 465 g/mol. The lowest BCUT2D eigenvalue weighted by molar-refractivity contribution is -0.597. The van der Waals surface area contributed by atoms with E-state index in [1.807, 2.05) is 0 Å². The van der Waals surface area contributed by atoms with Crippen LogP contribution in [0.3, 0.4) is 0 Å². The minimum atomic E-state index is -0.107. The van der Waals surface area contributed by atoms with Gasteiger partial charge in [-0.3, -0.25) is 0 Å². The lowest BCUT2D eigenvalue weighted by Gasteiger charge is -2.13. The summed E-state index contributed by atoms with van der Waals surface area (Å²) in [4.78, 5) is 0. The first-order chi connectivity index (χ1) is 12.8. The molecule has 0 radical (unpaired) electrons. The van der Waals surface area contributed by atoms with Gasteiger partial charge < -0.3 is 4.74 Å². The van der Waals surface area contributed by atoms with Crippen LogP contribution in [0.1, 0.15) is 77.2 Å². The molecule has 0 saturated heterocycles. The van der Waals surface area contributed by atoms with Gasteiger partial charge in [0, 0.05) is 0 Å². The van der Waals surface area contributed by atoms with Crippen molar-refractivity contribution in [3.05, 3.63) is 61.2 Å². The Morgan fingerprint density at radius 3 is 2.00 bits per heavy atom. The van der Waals surface area contributed by atoms with Gasteiger partial charge in [-0.15, -0.1) is 0 Å². The average Bonchev–Trinajstić information content (AvgIpc) is 2.68. The van der Waals surface area contributed by atoms with Gasteiger partial charge in [0.15, 0.2) is 7.14 Å². The van der Waals surface area contributed by atoms with Gasteiger partial charge >= 0.3 is 21.2 Å². The molecule has 2 aromatic rings. The van der Waals surface area contributed by atoms with Crippen molar-refractivity contribution in [2.45, 2.75) is 71.6 Å². The zero-order valence-corrected chi connectivity index (χ0v) is 18.8. The number of halogens is 1. The van der Waals surface area contributed by atoms with Crippen LogP contribution < -0.4 is 25.9 Å². The van der Waals surface area contributed by atoms with Crippen LogP contribution in [-0.4, -0.2) is 6.61 Å². The number of rotatable bonds is 12. The molecule has 0 amide bonds. The van der Waals surface area contributed by atoms with Gasteiger partial charge in [-0.05, 0) is 67.1 Å². The summed E-state index contributed by atoms with van der Waals surface area (Å²) in [6, 6.07) is 18.2. The molecular formula is C24H34IO+. The fourth-order valence-corrected chi connectivity index (χ4v) is 5.35. The van der Waals surface area contributed by atoms with Crippen molar-refractivity contribution < 1.29 is 25.9 Å². The standard InChI is InChI=1S/C24H34IO/c1-4-7-8-9-19-26-24-17-15-23(16-18-24)25-22-13-11-21(12-14-22)20(6-3)10-5-2/h11-18,20H,4-10,19H2,1-3H3/q+1. The van der Waals surface area contributed by atoms with Crippen molar-refractivity contribution >= 4 is 0 Å². The molecule has 2 rings (SSSR count). The molecule has 1 unspecified atom stereocenters. The fourth-order valence-electron chi connectivity index (χ4n) is 3.19. The van der Waals surface area contributed by atoms with Crippen LogP contribution in [0.15, 0.2) is 48.5 Å². The molecule has 1 atom stereocenters. The third-order valence-corrected chi connectivity index (χ3v) is 7.45. The summed E-state index contributed by atoms with van der Waals surface area (Å²) in [7, 11) is 0. The average molecular weight is 465 g/mol. The van der Waals surface area contributed by atoms with E-state index in [0.717, 1.165) is 24.7 Å². The molecule has 0 aliphatic heterocycles. The highest BCUT2D eigenvalue weighted by atomic mass is 127. The van der Waals surface area contributed by atoms with Crippen LogP contribution in [0.25, 0.3) is 0 Å². The SMILES string of the molecule is CCCCCCOc1ccc([I+]c2ccc(C(CC)CCC)cc2)cc1. The van der Waals surface area contributed by atoms with Crippen LogP contribution in [0.5, 0.6) is 5.75 Å². The predicted molar refractivity (Wildman–Crippen MR) is 108 cm³/mol. The minimum Gasteiger partial charge on any atom is -0.494 e. The molecule has 2 aromatic carbocycles. The van der Waals surface area contributed by atoms with Crippen LogP contribution >= 0.6 is 0 Å². The second-order valence-electron chi connectivity index (χ2n) is 6.90. The zero-order valence-electron chi connectivity index (χ0n) is 16.6. The third-order valence-electron chi connectivity index (χ3n) is 4.77. The molecule has 142 valence electrons. The van der Waals surface area contributed by atoms with Gasteiger partial charge in [-0.2, -0.15) is 0 Å². The number of unbranched alkanes of at least 4 members (excludes halogenated alkanes) is 3. The van der Waals surface area contributed by atoms with Gasteiger partial charge in [-0.25, -0.2) is 0 Å². The maximum atomic E-state index is 5.85. The molecule has 0 aromatic heterocycles. The molecule has 1 nitrogen and oxygen atoms in total. The number of hydrogen-bond donors (Lipinski definition) is 0. The first-order valence-electron chi connectivity index (χ1n) is 10.2. The molecule has 2 heteroatoms. The number of hydrogen-bond acceptors (Lipinski definition) is 1. The van der Waals surface area contributed by atoms with E-state index >= 15 is 0 Å². The summed E-state index contributed by atoms with van der Waals surface area (Å²) in [5, 5.41) is 0. The summed E-state index contributed by atoms with van der Waals surface area (Å²) >= 11 is -0.107. The fraction of sp³-hybridized carbons (Fsp3) is 0.500. The normalized spacial score (nSPS) is 12.1. The van der Waals surface area contributed by atoms with Crippen LogP contribution in [0.4, 0.5) is 0 Å². The summed E-state index contributed by atoms with van der Waals surface area (Å²) in [5.74, 6) is 1.73. The highest BCUT2D eigenvalue weighted by Crippen LogP contribution is 2.23. The number of benzene rings is 2. The molecule has 0 saturated carbocycles. The quantitative estimate of drug-likeness (QED) is 0.339. The van der Waals surface area contributed by atoms with Crippen LogP contribution in [-0.2, 0) is 0 Å². The first-order valence-corrected chi connectivity index (χ1v) is 12.4. The van der Waals surface area contributed by atoms with Crippen molar-refractivity contribution in [1.29, 1.82) is 0 Å². The Morgan fingerprint density at radius 2 is 1.42 bits per heavy atom. The van der Waals surface area contributed by atoms with E-state index in [-0.39, 0.29) is 21.2 Å². The van der Waals surface area contributed by atoms with Gasteiger partial charge in [0.1, 0.15) is 5.75 Å². The highest BCUT2D eigenvalue weighted by Gasteiger charge is 2.16. The van der Waals surface area contributed by atoms with Crippen molar-refractivity contribution in [2.24, 2.45) is 0 Å². The van der Waals surface area contributed by atoms with Crippen molar-refractivity contribution in [2.75, 3.05) is 6.61 Å². The Hall–Kier alpha value is -1.03. The highest BCUT2D eigenvalue weighted by molar-refractivity contribution is 5.21. The maximum absolute atomic E-state index is 5.85. The van der Waals surface area contributed by atoms with E-state index in [0.29, 0.717) is 0 Å². The summed E-state index contributed by atoms with van der Waals surface area (Å²) in [6.45, 7) is 7.66. The largest absolute Gasteiger partial charge is 0.494 e. The van der Waals surface area contributed by atoms with Crippen molar-refractivity contribution in [3.63, 3.8) is 0 Å². The Balaban J connectivity index is 1.84. The van der Waals surface area contributed by atoms with E-state index in [9.17, 15) is 0 Å². The Morgan fingerprint density at radius 1 is 0.769 bits per heavy atom. The molecular weight excluding hydrogens is 431 g/mol. The molecule has 0 spiro atoms. The van der Waals surface area contributed by atoms with Crippen LogP contribution in [0.2, 0.25) is 0 Å². The van der Waals surface area contributed by atoms with Gasteiger partial charge in [0.2, 0.25) is 0 Å². The Kier molecular flexibility index (Phi) is 10.1. The predicted octanol–water partition coefficient (Wildman–Crippen LogP) is 4.07. The number of ether oxygens (including phenoxy) is 1. The zero-order chi connectivity index (χ0) is 18.6. The third kappa shape index (κ3) is 7.30. The van der Waals surface area contributed by atoms with E-state index in [4.69, 9.17) is 4.74 Å².